The van der Waals surface area contributed by atoms with Crippen molar-refractivity contribution in [2.24, 2.45) is 4.99 Å². The van der Waals surface area contributed by atoms with Gasteiger partial charge >= 0.3 is 0 Å². The Kier molecular flexibility index (Phi) is 4.37. The fourth-order valence-electron chi connectivity index (χ4n) is 1.78. The second-order valence-corrected chi connectivity index (χ2v) is 5.54. The van der Waals surface area contributed by atoms with E-state index in [4.69, 9.17) is 0 Å². The van der Waals surface area contributed by atoms with Crippen LogP contribution in [0.3, 0.4) is 0 Å². The minimum Gasteiger partial charge on any atom is -0.867 e. The van der Waals surface area contributed by atoms with Crippen LogP contribution in [0.25, 0.3) is 0 Å². The minimum absolute atomic E-state index is 0.175. The van der Waals surface area contributed by atoms with Crippen molar-refractivity contribution >= 4 is 33.5 Å². The Morgan fingerprint density at radius 1 is 1.19 bits per heavy atom. The second kappa shape index (κ2) is 6.05. The third-order valence-corrected chi connectivity index (χ3v) is 3.56. The summed E-state index contributed by atoms with van der Waals surface area (Å²) in [5.74, 6) is -0.643. The fraction of sp³-hybridized carbons (Fsp3) is 0.133. The molecule has 6 heteroatoms. The lowest BCUT2D eigenvalue weighted by atomic mass is 10.1. The molecule has 0 saturated heterocycles. The summed E-state index contributed by atoms with van der Waals surface area (Å²) in [6, 6.07) is 8.36. The summed E-state index contributed by atoms with van der Waals surface area (Å²) in [6.45, 7) is 3.97. The van der Waals surface area contributed by atoms with Crippen molar-refractivity contribution in [1.82, 2.24) is 0 Å². The van der Waals surface area contributed by atoms with Gasteiger partial charge in [-0.25, -0.2) is 0 Å². The molecule has 0 heterocycles. The number of benzene rings is 2. The van der Waals surface area contributed by atoms with Crippen molar-refractivity contribution in [3.05, 3.63) is 61.6 Å². The molecular weight excluding hydrogens is 336 g/mol. The van der Waals surface area contributed by atoms with E-state index in [2.05, 4.69) is 20.9 Å². The molecule has 0 radical (unpaired) electrons. The molecule has 0 aliphatic rings. The molecule has 0 spiro atoms. The van der Waals surface area contributed by atoms with Crippen molar-refractivity contribution in [3.8, 4) is 5.75 Å². The summed E-state index contributed by atoms with van der Waals surface area (Å²) in [4.78, 5) is 14.3. The SMILES string of the molecule is Cc1ccc(N=Cc2cc(Br)cc([N+](=O)[O-])c2[O-])cc1C. The maximum absolute atomic E-state index is 12.0. The first kappa shape index (κ1) is 15.2. The molecule has 0 amide bonds. The Morgan fingerprint density at radius 2 is 1.90 bits per heavy atom. The second-order valence-electron chi connectivity index (χ2n) is 4.63. The monoisotopic (exact) mass is 347 g/mol. The molecule has 5 nitrogen and oxygen atoms in total. The van der Waals surface area contributed by atoms with Crippen molar-refractivity contribution in [2.75, 3.05) is 0 Å². The van der Waals surface area contributed by atoms with Gasteiger partial charge in [-0.1, -0.05) is 22.0 Å². The maximum Gasteiger partial charge on any atom is 0.263 e. The highest BCUT2D eigenvalue weighted by Gasteiger charge is 2.11. The predicted octanol–water partition coefficient (Wildman–Crippen LogP) is 3.80. The van der Waals surface area contributed by atoms with E-state index in [1.165, 1.54) is 18.3 Å². The van der Waals surface area contributed by atoms with Crippen molar-refractivity contribution < 1.29 is 10.0 Å². The van der Waals surface area contributed by atoms with Crippen LogP contribution in [-0.2, 0) is 0 Å². The van der Waals surface area contributed by atoms with Crippen LogP contribution in [0.4, 0.5) is 11.4 Å². The molecule has 0 N–H and O–H groups in total. The summed E-state index contributed by atoms with van der Waals surface area (Å²) < 4.78 is 0.468. The lowest BCUT2D eigenvalue weighted by molar-refractivity contribution is -0.398. The van der Waals surface area contributed by atoms with Gasteiger partial charge in [0.1, 0.15) is 0 Å². The van der Waals surface area contributed by atoms with Crippen molar-refractivity contribution in [3.63, 3.8) is 0 Å². The molecule has 0 fully saturated rings. The third-order valence-electron chi connectivity index (χ3n) is 3.10. The molecule has 0 bridgehead atoms. The average Bonchev–Trinajstić information content (AvgIpc) is 2.42. The van der Waals surface area contributed by atoms with E-state index in [0.717, 1.165) is 11.1 Å². The lowest BCUT2D eigenvalue weighted by Gasteiger charge is -2.11. The van der Waals surface area contributed by atoms with Crippen LogP contribution >= 0.6 is 15.9 Å². The summed E-state index contributed by atoms with van der Waals surface area (Å²) in [5, 5.41) is 22.8. The first-order valence-electron chi connectivity index (χ1n) is 6.15. The number of hydrogen-bond acceptors (Lipinski definition) is 4. The van der Waals surface area contributed by atoms with Gasteiger partial charge in [0, 0.05) is 16.8 Å². The van der Waals surface area contributed by atoms with Gasteiger partial charge in [0.15, 0.2) is 0 Å². The summed E-state index contributed by atoms with van der Waals surface area (Å²) >= 11 is 3.16. The molecular formula is C15H12BrN2O3-. The fourth-order valence-corrected chi connectivity index (χ4v) is 2.24. The van der Waals surface area contributed by atoms with Gasteiger partial charge in [-0.3, -0.25) is 15.1 Å². The van der Waals surface area contributed by atoms with Gasteiger partial charge in [0.2, 0.25) is 0 Å². The van der Waals surface area contributed by atoms with E-state index < -0.39 is 16.4 Å². The van der Waals surface area contributed by atoms with E-state index in [9.17, 15) is 15.2 Å². The summed E-state index contributed by atoms with van der Waals surface area (Å²) in [6.07, 6.45) is 1.35. The van der Waals surface area contributed by atoms with Gasteiger partial charge in [-0.05, 0) is 54.5 Å². The van der Waals surface area contributed by atoms with E-state index in [0.29, 0.717) is 10.2 Å². The van der Waals surface area contributed by atoms with Crippen LogP contribution in [0.5, 0.6) is 5.75 Å². The third kappa shape index (κ3) is 3.46. The molecule has 0 aliphatic carbocycles. The maximum atomic E-state index is 12.0. The number of rotatable bonds is 3. The summed E-state index contributed by atoms with van der Waals surface area (Å²) in [7, 11) is 0. The predicted molar refractivity (Wildman–Crippen MR) is 83.4 cm³/mol. The van der Waals surface area contributed by atoms with E-state index in [1.54, 1.807) is 0 Å². The first-order valence-corrected chi connectivity index (χ1v) is 6.94. The molecule has 2 aromatic carbocycles. The van der Waals surface area contributed by atoms with Crippen LogP contribution in [0.1, 0.15) is 16.7 Å². The van der Waals surface area contributed by atoms with E-state index >= 15 is 0 Å². The Labute approximate surface area is 130 Å². The highest BCUT2D eigenvalue weighted by atomic mass is 79.9. The Morgan fingerprint density at radius 3 is 2.52 bits per heavy atom. The smallest absolute Gasteiger partial charge is 0.263 e. The van der Waals surface area contributed by atoms with Gasteiger partial charge in [0.25, 0.3) is 5.69 Å². The number of aryl methyl sites for hydroxylation is 2. The first-order chi connectivity index (χ1) is 9.88. The highest BCUT2D eigenvalue weighted by molar-refractivity contribution is 9.10. The number of nitro groups is 1. The van der Waals surface area contributed by atoms with Gasteiger partial charge < -0.3 is 5.11 Å². The largest absolute Gasteiger partial charge is 0.867 e. The Balaban J connectivity index is 2.41. The normalized spacial score (nSPS) is 11.0. The van der Waals surface area contributed by atoms with E-state index in [-0.39, 0.29) is 5.56 Å². The molecule has 2 rings (SSSR count). The molecule has 108 valence electrons. The standard InChI is InChI=1S/C15H13BrN2O3/c1-9-3-4-13(5-10(9)2)17-8-11-6-12(16)7-14(15(11)19)18(20)21/h3-8,19H,1-2H3/p-1. The number of halogens is 1. The zero-order valence-electron chi connectivity index (χ0n) is 11.5. The molecule has 0 saturated carbocycles. The van der Waals surface area contributed by atoms with Crippen molar-refractivity contribution in [1.29, 1.82) is 0 Å². The zero-order chi connectivity index (χ0) is 15.6. The molecule has 0 atom stereocenters. The number of hydrogen-bond donors (Lipinski definition) is 0. The number of aliphatic imine (C=N–C) groups is 1. The zero-order valence-corrected chi connectivity index (χ0v) is 13.0. The Bertz CT molecular complexity index is 742. The van der Waals surface area contributed by atoms with Gasteiger partial charge in [0.05, 0.1) is 10.6 Å². The number of nitrogens with zero attached hydrogens (tertiary/aromatic N) is 2. The van der Waals surface area contributed by atoms with Crippen LogP contribution in [-0.4, -0.2) is 11.1 Å². The molecule has 21 heavy (non-hydrogen) atoms. The number of nitro benzene ring substituents is 1. The molecule has 0 aromatic heterocycles. The quantitative estimate of drug-likeness (QED) is 0.481. The average molecular weight is 348 g/mol. The molecule has 0 aliphatic heterocycles. The lowest BCUT2D eigenvalue weighted by Crippen LogP contribution is -2.02. The molecule has 2 aromatic rings. The van der Waals surface area contributed by atoms with Gasteiger partial charge in [-0.15, -0.1) is 0 Å². The van der Waals surface area contributed by atoms with Crippen LogP contribution in [0.15, 0.2) is 39.8 Å². The minimum atomic E-state index is -0.694. The Hall–Kier alpha value is -2.21. The van der Waals surface area contributed by atoms with Gasteiger partial charge in [-0.2, -0.15) is 0 Å². The van der Waals surface area contributed by atoms with E-state index in [1.807, 2.05) is 32.0 Å². The molecule has 0 unspecified atom stereocenters. The topological polar surface area (TPSA) is 78.6 Å². The van der Waals surface area contributed by atoms with Crippen molar-refractivity contribution in [2.45, 2.75) is 13.8 Å². The summed E-state index contributed by atoms with van der Waals surface area (Å²) in [5.41, 5.74) is 2.64. The van der Waals surface area contributed by atoms with Crippen LogP contribution < -0.4 is 5.11 Å². The van der Waals surface area contributed by atoms with Crippen LogP contribution in [0, 0.1) is 24.0 Å². The highest BCUT2D eigenvalue weighted by Crippen LogP contribution is 2.30. The van der Waals surface area contributed by atoms with Crippen LogP contribution in [0.2, 0.25) is 0 Å².